The van der Waals surface area contributed by atoms with Crippen LogP contribution in [0.4, 0.5) is 5.82 Å². The molecule has 0 radical (unpaired) electrons. The van der Waals surface area contributed by atoms with Crippen LogP contribution in [0, 0.1) is 0 Å². The number of anilines is 1. The maximum atomic E-state index is 6.10. The van der Waals surface area contributed by atoms with Crippen LogP contribution >= 0.6 is 39.1 Å². The zero-order chi connectivity index (χ0) is 14.7. The van der Waals surface area contributed by atoms with Crippen LogP contribution in [0.1, 0.15) is 12.7 Å². The summed E-state index contributed by atoms with van der Waals surface area (Å²) in [5, 5.41) is 0.909. The topological polar surface area (TPSA) is 73.1 Å². The Morgan fingerprint density at radius 1 is 1.25 bits per heavy atom. The van der Waals surface area contributed by atoms with Crippen molar-refractivity contribution in [3.63, 3.8) is 0 Å². The maximum Gasteiger partial charge on any atom is 0.224 e. The number of halogens is 3. The summed E-state index contributed by atoms with van der Waals surface area (Å²) in [7, 11) is 0. The van der Waals surface area contributed by atoms with Crippen molar-refractivity contribution < 1.29 is 4.74 Å². The quantitative estimate of drug-likeness (QED) is 0.474. The second-order valence-corrected chi connectivity index (χ2v) is 5.47. The molecular formula is C12H11BrCl2N4O. The van der Waals surface area contributed by atoms with Gasteiger partial charge in [-0.2, -0.15) is 4.98 Å². The SMILES string of the molecule is CCc1nc(NN)cc(Oc2cc(Cl)c(Br)cc2Cl)n1. The summed E-state index contributed by atoms with van der Waals surface area (Å²) in [6.07, 6.45) is 0.653. The molecular weight excluding hydrogens is 367 g/mol. The second-order valence-electron chi connectivity index (χ2n) is 3.80. The van der Waals surface area contributed by atoms with Crippen molar-refractivity contribution in [2.24, 2.45) is 5.84 Å². The van der Waals surface area contributed by atoms with E-state index in [-0.39, 0.29) is 0 Å². The third-order valence-electron chi connectivity index (χ3n) is 2.40. The van der Waals surface area contributed by atoms with E-state index in [0.717, 1.165) is 0 Å². The van der Waals surface area contributed by atoms with E-state index in [1.807, 2.05) is 6.92 Å². The number of benzene rings is 1. The van der Waals surface area contributed by atoms with E-state index < -0.39 is 0 Å². The number of nitrogens with two attached hydrogens (primary N) is 1. The highest BCUT2D eigenvalue weighted by Gasteiger charge is 2.10. The molecule has 106 valence electrons. The fraction of sp³-hybridized carbons (Fsp3) is 0.167. The highest BCUT2D eigenvalue weighted by Crippen LogP contribution is 2.36. The van der Waals surface area contributed by atoms with Gasteiger partial charge in [-0.1, -0.05) is 30.1 Å². The second kappa shape index (κ2) is 6.58. The van der Waals surface area contributed by atoms with Crippen LogP contribution in [0.15, 0.2) is 22.7 Å². The predicted molar refractivity (Wildman–Crippen MR) is 83.5 cm³/mol. The first kappa shape index (κ1) is 15.3. The van der Waals surface area contributed by atoms with E-state index in [1.165, 1.54) is 0 Å². The smallest absolute Gasteiger partial charge is 0.224 e. The molecule has 0 saturated heterocycles. The largest absolute Gasteiger partial charge is 0.437 e. The molecule has 0 saturated carbocycles. The molecule has 1 aromatic heterocycles. The number of rotatable bonds is 4. The van der Waals surface area contributed by atoms with Crippen molar-refractivity contribution in [1.29, 1.82) is 0 Å². The highest BCUT2D eigenvalue weighted by molar-refractivity contribution is 9.10. The van der Waals surface area contributed by atoms with Gasteiger partial charge in [-0.3, -0.25) is 0 Å². The first-order valence-electron chi connectivity index (χ1n) is 5.70. The fourth-order valence-corrected chi connectivity index (χ4v) is 2.28. The molecule has 1 aromatic carbocycles. The van der Waals surface area contributed by atoms with Gasteiger partial charge in [0.05, 0.1) is 10.0 Å². The van der Waals surface area contributed by atoms with Crippen LogP contribution in [0.2, 0.25) is 10.0 Å². The molecule has 2 aromatic rings. The zero-order valence-electron chi connectivity index (χ0n) is 10.5. The van der Waals surface area contributed by atoms with Gasteiger partial charge in [-0.15, -0.1) is 0 Å². The van der Waals surface area contributed by atoms with Gasteiger partial charge in [0.1, 0.15) is 17.4 Å². The van der Waals surface area contributed by atoms with E-state index in [0.29, 0.717) is 44.2 Å². The molecule has 5 nitrogen and oxygen atoms in total. The van der Waals surface area contributed by atoms with Crippen molar-refractivity contribution in [2.75, 3.05) is 5.43 Å². The lowest BCUT2D eigenvalue weighted by atomic mass is 10.3. The molecule has 20 heavy (non-hydrogen) atoms. The number of ether oxygens (including phenoxy) is 1. The molecule has 0 amide bonds. The van der Waals surface area contributed by atoms with E-state index in [9.17, 15) is 0 Å². The minimum atomic E-state index is 0.338. The molecule has 0 unspecified atom stereocenters. The van der Waals surface area contributed by atoms with Crippen molar-refractivity contribution >= 4 is 44.9 Å². The van der Waals surface area contributed by atoms with Crippen LogP contribution in [0.5, 0.6) is 11.6 Å². The number of aromatic nitrogens is 2. The molecule has 8 heteroatoms. The Hall–Kier alpha value is -1.08. The van der Waals surface area contributed by atoms with Gasteiger partial charge in [-0.05, 0) is 22.0 Å². The summed E-state index contributed by atoms with van der Waals surface area (Å²) in [6, 6.07) is 4.84. The molecule has 2 rings (SSSR count). The van der Waals surface area contributed by atoms with Crippen molar-refractivity contribution in [2.45, 2.75) is 13.3 Å². The van der Waals surface area contributed by atoms with E-state index in [2.05, 4.69) is 31.3 Å². The molecule has 0 aliphatic heterocycles. The Kier molecular flexibility index (Phi) is 5.04. The third-order valence-corrected chi connectivity index (χ3v) is 3.89. The number of nitrogen functional groups attached to an aromatic ring is 1. The lowest BCUT2D eigenvalue weighted by Gasteiger charge is -2.10. The first-order valence-corrected chi connectivity index (χ1v) is 7.25. The Bertz CT molecular complexity index is 617. The van der Waals surface area contributed by atoms with Gasteiger partial charge in [0.2, 0.25) is 5.88 Å². The number of hydrogen-bond acceptors (Lipinski definition) is 5. The Labute approximate surface area is 134 Å². The summed E-state index contributed by atoms with van der Waals surface area (Å²) in [4.78, 5) is 8.42. The van der Waals surface area contributed by atoms with Crippen molar-refractivity contribution in [3.8, 4) is 11.6 Å². The van der Waals surface area contributed by atoms with Crippen LogP contribution in [0.3, 0.4) is 0 Å². The standard InChI is InChI=1S/C12H11BrCl2N4O/c1-2-10-17-11(19-16)5-12(18-10)20-9-4-7(14)6(13)3-8(9)15/h3-5H,2,16H2,1H3,(H,17,18,19). The van der Waals surface area contributed by atoms with Crippen molar-refractivity contribution in [1.82, 2.24) is 9.97 Å². The Morgan fingerprint density at radius 2 is 2.00 bits per heavy atom. The lowest BCUT2D eigenvalue weighted by molar-refractivity contribution is 0.459. The van der Waals surface area contributed by atoms with Crippen LogP contribution < -0.4 is 16.0 Å². The lowest BCUT2D eigenvalue weighted by Crippen LogP contribution is -2.10. The molecule has 0 fully saturated rings. The molecule has 3 N–H and O–H groups in total. The average molecular weight is 378 g/mol. The van der Waals surface area contributed by atoms with Gasteiger partial charge in [0.25, 0.3) is 0 Å². The summed E-state index contributed by atoms with van der Waals surface area (Å²) in [5.74, 6) is 7.17. The number of aryl methyl sites for hydroxylation is 1. The molecule has 0 aliphatic rings. The summed E-state index contributed by atoms with van der Waals surface area (Å²) in [6.45, 7) is 1.93. The van der Waals surface area contributed by atoms with Gasteiger partial charge >= 0.3 is 0 Å². The number of nitrogens with one attached hydrogen (secondary N) is 1. The number of nitrogens with zero attached hydrogens (tertiary/aromatic N) is 2. The van der Waals surface area contributed by atoms with Crippen LogP contribution in [-0.4, -0.2) is 9.97 Å². The molecule has 1 heterocycles. The Balaban J connectivity index is 2.36. The Morgan fingerprint density at radius 3 is 2.65 bits per heavy atom. The molecule has 0 bridgehead atoms. The predicted octanol–water partition coefficient (Wildman–Crippen LogP) is 4.19. The highest BCUT2D eigenvalue weighted by atomic mass is 79.9. The fourth-order valence-electron chi connectivity index (χ4n) is 1.45. The monoisotopic (exact) mass is 376 g/mol. The third kappa shape index (κ3) is 3.52. The number of hydrazine groups is 1. The summed E-state index contributed by atoms with van der Waals surface area (Å²) in [5.41, 5.74) is 2.47. The van der Waals surface area contributed by atoms with Crippen LogP contribution in [0.25, 0.3) is 0 Å². The van der Waals surface area contributed by atoms with Gasteiger partial charge in [0, 0.05) is 23.0 Å². The maximum absolute atomic E-state index is 6.10. The van der Waals surface area contributed by atoms with Gasteiger partial charge in [-0.25, -0.2) is 10.8 Å². The minimum Gasteiger partial charge on any atom is -0.437 e. The molecule has 0 spiro atoms. The molecule has 0 atom stereocenters. The summed E-state index contributed by atoms with van der Waals surface area (Å²) >= 11 is 15.4. The number of hydrogen-bond donors (Lipinski definition) is 2. The van der Waals surface area contributed by atoms with Crippen molar-refractivity contribution in [3.05, 3.63) is 38.5 Å². The van der Waals surface area contributed by atoms with E-state index in [1.54, 1.807) is 18.2 Å². The molecule has 0 aliphatic carbocycles. The normalized spacial score (nSPS) is 10.4. The van der Waals surface area contributed by atoms with Gasteiger partial charge in [0.15, 0.2) is 0 Å². The van der Waals surface area contributed by atoms with E-state index >= 15 is 0 Å². The van der Waals surface area contributed by atoms with E-state index in [4.69, 9.17) is 33.8 Å². The minimum absolute atomic E-state index is 0.338. The first-order chi connectivity index (χ1) is 9.53. The average Bonchev–Trinajstić information content (AvgIpc) is 2.44. The zero-order valence-corrected chi connectivity index (χ0v) is 13.6. The summed E-state index contributed by atoms with van der Waals surface area (Å²) < 4.78 is 6.34. The van der Waals surface area contributed by atoms with Gasteiger partial charge < -0.3 is 10.2 Å². The van der Waals surface area contributed by atoms with Crippen LogP contribution in [-0.2, 0) is 6.42 Å².